The van der Waals surface area contributed by atoms with E-state index in [4.69, 9.17) is 37.9 Å². The van der Waals surface area contributed by atoms with Crippen LogP contribution in [-0.2, 0) is 57.1 Å². The van der Waals surface area contributed by atoms with Crippen molar-refractivity contribution in [2.24, 2.45) is 0 Å². The van der Waals surface area contributed by atoms with Gasteiger partial charge in [-0.05, 0) is 12.1 Å². The summed E-state index contributed by atoms with van der Waals surface area (Å²) in [4.78, 5) is 72.5. The van der Waals surface area contributed by atoms with Gasteiger partial charge >= 0.3 is 11.9 Å². The lowest BCUT2D eigenvalue weighted by Gasteiger charge is -2.49. The minimum atomic E-state index is -2.29. The molecule has 4 saturated heterocycles. The molecule has 370 valence electrons. The summed E-state index contributed by atoms with van der Waals surface area (Å²) in [5.74, 6) is -5.82. The second-order valence-corrected chi connectivity index (χ2v) is 15.5. The van der Waals surface area contributed by atoms with Crippen molar-refractivity contribution < 1.29 is 123 Å². The van der Waals surface area contributed by atoms with Gasteiger partial charge in [-0.15, -0.1) is 0 Å². The van der Waals surface area contributed by atoms with Gasteiger partial charge in [0.15, 0.2) is 37.4 Å². The molecule has 28 nitrogen and oxygen atoms in total. The molecule has 4 aliphatic heterocycles. The molecular weight excluding hydrogens is 898 g/mol. The zero-order valence-corrected chi connectivity index (χ0v) is 34.9. The molecule has 4 heterocycles. The second-order valence-electron chi connectivity index (χ2n) is 15.5. The topological polar surface area (TPSA) is 435 Å². The molecule has 28 heteroatoms. The van der Waals surface area contributed by atoms with Crippen LogP contribution in [0.25, 0.3) is 0 Å². The van der Waals surface area contributed by atoms with E-state index in [1.54, 1.807) is 0 Å². The number of hydrogen-bond donors (Lipinski definition) is 14. The minimum absolute atomic E-state index is 0.196. The molecular formula is C38H53N3O25. The van der Waals surface area contributed by atoms with E-state index in [2.05, 4.69) is 16.0 Å². The number of hydrogen-bond acceptors (Lipinski definition) is 23. The predicted octanol–water partition coefficient (Wildman–Crippen LogP) is -8.01. The molecule has 3 amide bonds. The maximum atomic E-state index is 12.5. The van der Waals surface area contributed by atoms with Crippen LogP contribution in [0, 0.1) is 0 Å². The van der Waals surface area contributed by atoms with Crippen molar-refractivity contribution in [2.75, 3.05) is 26.4 Å². The lowest BCUT2D eigenvalue weighted by Crippen LogP contribution is -2.70. The summed E-state index contributed by atoms with van der Waals surface area (Å²) in [6, 6.07) is 2.19. The Bertz CT molecular complexity index is 1840. The first-order valence-corrected chi connectivity index (χ1v) is 20.2. The van der Waals surface area contributed by atoms with Crippen LogP contribution >= 0.6 is 0 Å². The third-order valence-corrected chi connectivity index (χ3v) is 10.9. The Morgan fingerprint density at radius 3 is 1.55 bits per heavy atom. The van der Waals surface area contributed by atoms with E-state index in [9.17, 15) is 84.9 Å². The number of rotatable bonds is 18. The smallest absolute Gasteiger partial charge is 0.335 e. The number of benzene rings is 1. The minimum Gasteiger partial charge on any atom is -0.479 e. The SMILES string of the molecule is CC(=O)NC1[C@@H](O[C@@H]2C(C(=O)O)O[C@@H](O[C@@H]3C(CO)O[C@H](O[C@@H]4C(C(=O)O)O[C@@H](OCCNC(=O)c5ccc(C=O)cc5)[C@@H](O)C4O)C(NC(C)=O)[C@H]3O)[C@@H](O)C2O)OC(CO)[C@@H](O)[C@@H]1O. The van der Waals surface area contributed by atoms with E-state index in [0.717, 1.165) is 13.8 Å². The summed E-state index contributed by atoms with van der Waals surface area (Å²) >= 11 is 0. The molecule has 0 radical (unpaired) electrons. The van der Waals surface area contributed by atoms with Gasteiger partial charge in [0.1, 0.15) is 91.6 Å². The first-order chi connectivity index (χ1) is 31.2. The van der Waals surface area contributed by atoms with E-state index in [0.29, 0.717) is 11.8 Å². The Kier molecular flexibility index (Phi) is 18.3. The highest BCUT2D eigenvalue weighted by Gasteiger charge is 2.57. The maximum absolute atomic E-state index is 12.5. The summed E-state index contributed by atoms with van der Waals surface area (Å²) in [6.07, 6.45) is -35.6. The van der Waals surface area contributed by atoms with Crippen molar-refractivity contribution in [1.82, 2.24) is 16.0 Å². The molecule has 4 fully saturated rings. The van der Waals surface area contributed by atoms with Crippen molar-refractivity contribution in [3.8, 4) is 0 Å². The molecule has 0 bridgehead atoms. The molecule has 1 aromatic carbocycles. The number of carboxylic acid groups (broad SMARTS) is 2. The molecule has 5 rings (SSSR count). The summed E-state index contributed by atoms with van der Waals surface area (Å²) in [5, 5.41) is 124. The highest BCUT2D eigenvalue weighted by atomic mass is 16.8. The normalized spacial score (nSPS) is 39.3. The van der Waals surface area contributed by atoms with Gasteiger partial charge in [0.25, 0.3) is 5.91 Å². The number of aliphatic hydroxyl groups is 9. The molecule has 0 spiro atoms. The summed E-state index contributed by atoms with van der Waals surface area (Å²) in [6.45, 7) is -0.542. The van der Waals surface area contributed by atoms with Gasteiger partial charge in [-0.3, -0.25) is 19.2 Å². The van der Waals surface area contributed by atoms with Crippen LogP contribution in [0.4, 0.5) is 0 Å². The fourth-order valence-electron chi connectivity index (χ4n) is 7.57. The van der Waals surface area contributed by atoms with Gasteiger partial charge in [-0.1, -0.05) is 12.1 Å². The fourth-order valence-corrected chi connectivity index (χ4v) is 7.57. The van der Waals surface area contributed by atoms with Gasteiger partial charge in [0.2, 0.25) is 11.8 Å². The zero-order chi connectivity index (χ0) is 48.7. The van der Waals surface area contributed by atoms with Gasteiger partial charge in [0, 0.05) is 31.5 Å². The lowest BCUT2D eigenvalue weighted by atomic mass is 9.94. The van der Waals surface area contributed by atoms with Crippen LogP contribution < -0.4 is 16.0 Å². The highest BCUT2D eigenvalue weighted by Crippen LogP contribution is 2.35. The van der Waals surface area contributed by atoms with Crippen LogP contribution in [0.3, 0.4) is 0 Å². The van der Waals surface area contributed by atoms with Gasteiger partial charge in [-0.2, -0.15) is 0 Å². The third-order valence-electron chi connectivity index (χ3n) is 10.9. The van der Waals surface area contributed by atoms with Gasteiger partial charge < -0.3 is 110 Å². The van der Waals surface area contributed by atoms with E-state index >= 15 is 0 Å². The van der Waals surface area contributed by atoms with Crippen molar-refractivity contribution in [3.63, 3.8) is 0 Å². The zero-order valence-electron chi connectivity index (χ0n) is 34.9. The van der Waals surface area contributed by atoms with Crippen molar-refractivity contribution in [1.29, 1.82) is 0 Å². The van der Waals surface area contributed by atoms with Crippen molar-refractivity contribution >= 4 is 35.9 Å². The standard InChI is InChI=1S/C38H53N3O25/c1-12(45)40-18-21(48)20(47)16(10-43)60-35(18)63-29-24(51)26(53)38(66-31(29)34(57)58)62-27-17(11-44)61-36(19(22(27)49)41-13(2)46)64-28-23(50)25(52)37(65-30(28)33(55)56)59-8-7-39-32(54)15-5-3-14(9-42)4-6-15/h3-6,9,16-31,35-38,43-44,47-53H,7-8,10-11H2,1-2H3,(H,39,54)(H,40,45)(H,41,46)(H,55,56)(H,57,58)/t16?,17?,18?,19?,20-,21-,22-,23?,24?,25+,26+,27-,28+,29+,30?,31?,35-,36-,37-,38-/m1/s1. The number of nitrogens with one attached hydrogen (secondary N) is 3. The molecule has 20 atom stereocenters. The van der Waals surface area contributed by atoms with Crippen molar-refractivity contribution in [2.45, 2.75) is 137 Å². The monoisotopic (exact) mass is 951 g/mol. The van der Waals surface area contributed by atoms with Crippen LogP contribution in [0.2, 0.25) is 0 Å². The Morgan fingerprint density at radius 2 is 1.06 bits per heavy atom. The largest absolute Gasteiger partial charge is 0.479 e. The fraction of sp³-hybridized carbons (Fsp3) is 0.684. The quantitative estimate of drug-likeness (QED) is 0.0480. The summed E-state index contributed by atoms with van der Waals surface area (Å²) in [7, 11) is 0. The van der Waals surface area contributed by atoms with E-state index < -0.39 is 166 Å². The first kappa shape index (κ1) is 52.5. The molecule has 0 aromatic heterocycles. The number of aliphatic carboxylic acids is 2. The molecule has 4 aliphatic rings. The van der Waals surface area contributed by atoms with Crippen LogP contribution in [0.5, 0.6) is 0 Å². The maximum Gasteiger partial charge on any atom is 0.335 e. The van der Waals surface area contributed by atoms with E-state index in [-0.39, 0.29) is 18.7 Å². The van der Waals surface area contributed by atoms with Crippen molar-refractivity contribution in [3.05, 3.63) is 35.4 Å². The molecule has 14 N–H and O–H groups in total. The second kappa shape index (κ2) is 23.0. The third kappa shape index (κ3) is 12.0. The van der Waals surface area contributed by atoms with Gasteiger partial charge in [-0.25, -0.2) is 9.59 Å². The van der Waals surface area contributed by atoms with Crippen LogP contribution in [0.15, 0.2) is 24.3 Å². The van der Waals surface area contributed by atoms with E-state index in [1.807, 2.05) is 0 Å². The van der Waals surface area contributed by atoms with Crippen LogP contribution in [-0.4, -0.2) is 241 Å². The number of carboxylic acids is 2. The molecule has 8 unspecified atom stereocenters. The molecule has 0 aliphatic carbocycles. The average Bonchev–Trinajstić information content (AvgIpc) is 3.27. The number of carbonyl (C=O) groups excluding carboxylic acids is 4. The molecule has 66 heavy (non-hydrogen) atoms. The number of carbonyl (C=O) groups is 6. The van der Waals surface area contributed by atoms with E-state index in [1.165, 1.54) is 24.3 Å². The average molecular weight is 952 g/mol. The summed E-state index contributed by atoms with van der Waals surface area (Å²) < 4.78 is 44.5. The Labute approximate surface area is 372 Å². The van der Waals surface area contributed by atoms with Gasteiger partial charge in [0.05, 0.1) is 19.8 Å². The Balaban J connectivity index is 1.27. The molecule has 1 aromatic rings. The number of aldehydes is 1. The number of aliphatic hydroxyl groups excluding tert-OH is 9. The van der Waals surface area contributed by atoms with Crippen LogP contribution in [0.1, 0.15) is 34.6 Å². The first-order valence-electron chi connectivity index (χ1n) is 20.2. The number of ether oxygens (including phenoxy) is 8. The predicted molar refractivity (Wildman–Crippen MR) is 206 cm³/mol. The lowest BCUT2D eigenvalue weighted by molar-refractivity contribution is -0.371. The Hall–Kier alpha value is -4.44. The Morgan fingerprint density at radius 1 is 0.591 bits per heavy atom. The summed E-state index contributed by atoms with van der Waals surface area (Å²) in [5.41, 5.74) is 0.532. The molecule has 0 saturated carbocycles. The number of amides is 3. The highest BCUT2D eigenvalue weighted by molar-refractivity contribution is 5.94.